The summed E-state index contributed by atoms with van der Waals surface area (Å²) < 4.78 is 0. The Morgan fingerprint density at radius 1 is 1.20 bits per heavy atom. The standard InChI is InChI=1S/C18H26N6O/c25-16(10-20-13-4-1-2-5-13)23-14-6-3-9-24(11-14)18-15-7-8-19-17(15)21-12-22-18/h7-8,12-14,20H,1-6,9-11H2,(H,23,25)(H,19,21,22). The molecule has 0 radical (unpaired) electrons. The number of piperidine rings is 1. The molecule has 7 heteroatoms. The Kier molecular flexibility index (Phi) is 4.83. The van der Waals surface area contributed by atoms with E-state index in [4.69, 9.17) is 0 Å². The maximum Gasteiger partial charge on any atom is 0.234 e. The number of aromatic nitrogens is 3. The number of nitrogens with zero attached hydrogens (tertiary/aromatic N) is 3. The number of nitrogens with one attached hydrogen (secondary N) is 3. The van der Waals surface area contributed by atoms with Gasteiger partial charge in [-0.1, -0.05) is 12.8 Å². The van der Waals surface area contributed by atoms with Crippen molar-refractivity contribution in [2.24, 2.45) is 0 Å². The number of H-pyrrole nitrogens is 1. The van der Waals surface area contributed by atoms with Crippen molar-refractivity contribution in [1.82, 2.24) is 25.6 Å². The average molecular weight is 342 g/mol. The van der Waals surface area contributed by atoms with Crippen LogP contribution >= 0.6 is 0 Å². The highest BCUT2D eigenvalue weighted by molar-refractivity contribution is 5.87. The van der Waals surface area contributed by atoms with Crippen LogP contribution in [0.25, 0.3) is 11.0 Å². The molecular formula is C18H26N6O. The Labute approximate surface area is 147 Å². The summed E-state index contributed by atoms with van der Waals surface area (Å²) in [6.45, 7) is 2.19. The topological polar surface area (TPSA) is 85.9 Å². The third-order valence-electron chi connectivity index (χ3n) is 5.33. The highest BCUT2D eigenvalue weighted by Crippen LogP contribution is 2.25. The zero-order valence-electron chi connectivity index (χ0n) is 14.5. The summed E-state index contributed by atoms with van der Waals surface area (Å²) in [6, 6.07) is 2.71. The second kappa shape index (κ2) is 7.39. The molecule has 1 saturated heterocycles. The van der Waals surface area contributed by atoms with Gasteiger partial charge in [0.2, 0.25) is 5.91 Å². The van der Waals surface area contributed by atoms with E-state index >= 15 is 0 Å². The molecule has 4 rings (SSSR count). The van der Waals surface area contributed by atoms with Gasteiger partial charge in [-0.3, -0.25) is 4.79 Å². The normalized spacial score (nSPS) is 21.8. The van der Waals surface area contributed by atoms with Gasteiger partial charge in [-0.25, -0.2) is 9.97 Å². The number of hydrogen-bond donors (Lipinski definition) is 3. The van der Waals surface area contributed by atoms with E-state index in [2.05, 4.69) is 30.5 Å². The van der Waals surface area contributed by atoms with Gasteiger partial charge < -0.3 is 20.5 Å². The van der Waals surface area contributed by atoms with Crippen molar-refractivity contribution in [3.63, 3.8) is 0 Å². The molecule has 2 aliphatic rings. The van der Waals surface area contributed by atoms with Crippen molar-refractivity contribution < 1.29 is 4.79 Å². The Balaban J connectivity index is 1.34. The van der Waals surface area contributed by atoms with Crippen LogP contribution in [0.1, 0.15) is 38.5 Å². The van der Waals surface area contributed by atoms with Crippen LogP contribution in [0.2, 0.25) is 0 Å². The van der Waals surface area contributed by atoms with Crippen molar-refractivity contribution in [2.45, 2.75) is 50.6 Å². The monoisotopic (exact) mass is 342 g/mol. The molecule has 2 aromatic rings. The van der Waals surface area contributed by atoms with Crippen LogP contribution in [-0.4, -0.2) is 52.6 Å². The molecule has 1 unspecified atom stereocenters. The van der Waals surface area contributed by atoms with Crippen LogP contribution in [0.3, 0.4) is 0 Å². The fourth-order valence-corrected chi connectivity index (χ4v) is 4.04. The molecule has 1 aliphatic carbocycles. The minimum absolute atomic E-state index is 0.105. The highest BCUT2D eigenvalue weighted by Gasteiger charge is 2.24. The number of fused-ring (bicyclic) bond motifs is 1. The summed E-state index contributed by atoms with van der Waals surface area (Å²) in [4.78, 5) is 26.4. The second-order valence-electron chi connectivity index (χ2n) is 7.15. The lowest BCUT2D eigenvalue weighted by Crippen LogP contribution is -2.50. The molecular weight excluding hydrogens is 316 g/mol. The number of rotatable bonds is 5. The van der Waals surface area contributed by atoms with E-state index in [1.54, 1.807) is 6.33 Å². The highest BCUT2D eigenvalue weighted by atomic mass is 16.2. The Morgan fingerprint density at radius 2 is 2.04 bits per heavy atom. The third-order valence-corrected chi connectivity index (χ3v) is 5.33. The number of aromatic amines is 1. The van der Waals surface area contributed by atoms with Crippen LogP contribution in [0.4, 0.5) is 5.82 Å². The maximum atomic E-state index is 12.3. The van der Waals surface area contributed by atoms with Crippen LogP contribution in [0, 0.1) is 0 Å². The van der Waals surface area contributed by atoms with Gasteiger partial charge in [0, 0.05) is 31.4 Å². The van der Waals surface area contributed by atoms with Crippen LogP contribution in [0.5, 0.6) is 0 Å². The quantitative estimate of drug-likeness (QED) is 0.768. The first kappa shape index (κ1) is 16.3. The van der Waals surface area contributed by atoms with Crippen molar-refractivity contribution in [1.29, 1.82) is 0 Å². The lowest BCUT2D eigenvalue weighted by molar-refractivity contribution is -0.121. The minimum Gasteiger partial charge on any atom is -0.354 e. The summed E-state index contributed by atoms with van der Waals surface area (Å²) in [5.74, 6) is 1.06. The molecule has 3 N–H and O–H groups in total. The molecule has 7 nitrogen and oxygen atoms in total. The summed E-state index contributed by atoms with van der Waals surface area (Å²) in [5.41, 5.74) is 0.858. The van der Waals surface area contributed by atoms with Crippen molar-refractivity contribution in [3.05, 3.63) is 18.6 Å². The average Bonchev–Trinajstić information content (AvgIpc) is 3.31. The lowest BCUT2D eigenvalue weighted by Gasteiger charge is -2.34. The van der Waals surface area contributed by atoms with Gasteiger partial charge in [0.15, 0.2) is 0 Å². The SMILES string of the molecule is O=C(CNC1CCCC1)NC1CCCN(c2ncnc3[nH]ccc23)C1. The van der Waals surface area contributed by atoms with Crippen molar-refractivity contribution in [2.75, 3.05) is 24.5 Å². The zero-order valence-corrected chi connectivity index (χ0v) is 14.5. The summed E-state index contributed by atoms with van der Waals surface area (Å²) in [5, 5.41) is 7.61. The van der Waals surface area contributed by atoms with Gasteiger partial charge >= 0.3 is 0 Å². The van der Waals surface area contributed by atoms with E-state index in [9.17, 15) is 4.79 Å². The van der Waals surface area contributed by atoms with Crippen molar-refractivity contribution >= 4 is 22.8 Å². The Bertz CT molecular complexity index is 723. The minimum atomic E-state index is 0.105. The van der Waals surface area contributed by atoms with E-state index < -0.39 is 0 Å². The van der Waals surface area contributed by atoms with Gasteiger partial charge in [-0.2, -0.15) is 0 Å². The second-order valence-corrected chi connectivity index (χ2v) is 7.15. The first-order chi connectivity index (χ1) is 12.3. The number of anilines is 1. The first-order valence-electron chi connectivity index (χ1n) is 9.35. The summed E-state index contributed by atoms with van der Waals surface area (Å²) in [6.07, 6.45) is 10.5. The number of carbonyl (C=O) groups is 1. The van der Waals surface area contributed by atoms with E-state index in [1.807, 2.05) is 12.3 Å². The maximum absolute atomic E-state index is 12.3. The predicted octanol–water partition coefficient (Wildman–Crippen LogP) is 1.58. The summed E-state index contributed by atoms with van der Waals surface area (Å²) >= 11 is 0. The molecule has 2 fully saturated rings. The Morgan fingerprint density at radius 3 is 2.92 bits per heavy atom. The molecule has 1 atom stereocenters. The smallest absolute Gasteiger partial charge is 0.234 e. The molecule has 2 aromatic heterocycles. The molecule has 1 saturated carbocycles. The molecule has 0 bridgehead atoms. The third kappa shape index (κ3) is 3.76. The lowest BCUT2D eigenvalue weighted by atomic mass is 10.1. The van der Waals surface area contributed by atoms with E-state index in [0.717, 1.165) is 42.8 Å². The first-order valence-corrected chi connectivity index (χ1v) is 9.35. The van der Waals surface area contributed by atoms with Crippen LogP contribution < -0.4 is 15.5 Å². The fraction of sp³-hybridized carbons (Fsp3) is 0.611. The van der Waals surface area contributed by atoms with E-state index in [0.29, 0.717) is 12.6 Å². The Hall–Kier alpha value is -2.15. The molecule has 0 spiro atoms. The summed E-state index contributed by atoms with van der Waals surface area (Å²) in [7, 11) is 0. The molecule has 25 heavy (non-hydrogen) atoms. The van der Waals surface area contributed by atoms with Gasteiger partial charge in [-0.15, -0.1) is 0 Å². The van der Waals surface area contributed by atoms with Gasteiger partial charge in [-0.05, 0) is 31.7 Å². The molecule has 134 valence electrons. The fourth-order valence-electron chi connectivity index (χ4n) is 4.04. The number of amides is 1. The molecule has 3 heterocycles. The van der Waals surface area contributed by atoms with Crippen LogP contribution in [-0.2, 0) is 4.79 Å². The van der Waals surface area contributed by atoms with E-state index in [-0.39, 0.29) is 11.9 Å². The number of carbonyl (C=O) groups excluding carboxylic acids is 1. The molecule has 1 aliphatic heterocycles. The van der Waals surface area contributed by atoms with Crippen LogP contribution in [0.15, 0.2) is 18.6 Å². The van der Waals surface area contributed by atoms with Crippen molar-refractivity contribution in [3.8, 4) is 0 Å². The molecule has 1 amide bonds. The molecule has 0 aromatic carbocycles. The van der Waals surface area contributed by atoms with Gasteiger partial charge in [0.1, 0.15) is 17.8 Å². The van der Waals surface area contributed by atoms with E-state index in [1.165, 1.54) is 25.7 Å². The van der Waals surface area contributed by atoms with Gasteiger partial charge in [0.05, 0.1) is 11.9 Å². The largest absolute Gasteiger partial charge is 0.354 e. The number of hydrogen-bond acceptors (Lipinski definition) is 5. The van der Waals surface area contributed by atoms with Gasteiger partial charge in [0.25, 0.3) is 0 Å². The predicted molar refractivity (Wildman–Crippen MR) is 97.5 cm³/mol. The zero-order chi connectivity index (χ0) is 17.1.